The molecule has 0 radical (unpaired) electrons. The Balaban J connectivity index is 1.81. The first-order valence-electron chi connectivity index (χ1n) is 6.88. The number of nitriles is 1. The second-order valence-electron chi connectivity index (χ2n) is 5.31. The Morgan fingerprint density at radius 2 is 2.05 bits per heavy atom. The summed E-state index contributed by atoms with van der Waals surface area (Å²) in [6.07, 6.45) is 1.49. The molecule has 1 fully saturated rings. The summed E-state index contributed by atoms with van der Waals surface area (Å²) in [4.78, 5) is 23.8. The van der Waals surface area contributed by atoms with Crippen LogP contribution in [0.4, 0.5) is 0 Å². The van der Waals surface area contributed by atoms with Crippen LogP contribution in [0.25, 0.3) is 0 Å². The van der Waals surface area contributed by atoms with Gasteiger partial charge in [0.2, 0.25) is 5.91 Å². The number of rotatable bonds is 6. The molecule has 0 spiro atoms. The van der Waals surface area contributed by atoms with Gasteiger partial charge in [0.25, 0.3) is 0 Å². The van der Waals surface area contributed by atoms with Gasteiger partial charge >= 0.3 is 0 Å². The van der Waals surface area contributed by atoms with Gasteiger partial charge in [-0.25, -0.2) is 0 Å². The summed E-state index contributed by atoms with van der Waals surface area (Å²) in [5, 5.41) is 11.7. The van der Waals surface area contributed by atoms with Gasteiger partial charge in [0.05, 0.1) is 6.07 Å². The quantitative estimate of drug-likeness (QED) is 0.800. The summed E-state index contributed by atoms with van der Waals surface area (Å²) in [6.45, 7) is 2.40. The number of ketones is 1. The molecule has 0 saturated heterocycles. The smallest absolute Gasteiger partial charge is 0.245 e. The first-order chi connectivity index (χ1) is 9.63. The third-order valence-corrected chi connectivity index (χ3v) is 3.71. The lowest BCUT2D eigenvalue weighted by molar-refractivity contribution is -0.132. The van der Waals surface area contributed by atoms with Gasteiger partial charge in [-0.2, -0.15) is 5.26 Å². The van der Waals surface area contributed by atoms with Crippen molar-refractivity contribution in [3.8, 4) is 6.07 Å². The third kappa shape index (κ3) is 3.45. The Morgan fingerprint density at radius 1 is 1.40 bits per heavy atom. The lowest BCUT2D eigenvalue weighted by Crippen LogP contribution is -2.36. The maximum atomic E-state index is 11.9. The fraction of sp³-hybridized carbons (Fsp3) is 0.438. The van der Waals surface area contributed by atoms with Gasteiger partial charge in [0, 0.05) is 12.5 Å². The van der Waals surface area contributed by atoms with Crippen LogP contribution in [0.5, 0.6) is 0 Å². The second-order valence-corrected chi connectivity index (χ2v) is 5.31. The molecule has 1 saturated carbocycles. The van der Waals surface area contributed by atoms with Crippen molar-refractivity contribution in [1.82, 2.24) is 5.32 Å². The molecule has 1 N–H and O–H groups in total. The van der Waals surface area contributed by atoms with E-state index in [-0.39, 0.29) is 11.7 Å². The molecular weight excluding hydrogens is 252 g/mol. The fourth-order valence-corrected chi connectivity index (χ4v) is 2.26. The van der Waals surface area contributed by atoms with E-state index in [4.69, 9.17) is 5.26 Å². The van der Waals surface area contributed by atoms with Crippen LogP contribution in [-0.4, -0.2) is 18.2 Å². The second kappa shape index (κ2) is 6.33. The van der Waals surface area contributed by atoms with Crippen LogP contribution < -0.4 is 5.32 Å². The molecule has 1 aliphatic rings. The third-order valence-electron chi connectivity index (χ3n) is 3.71. The molecule has 0 aliphatic heterocycles. The van der Waals surface area contributed by atoms with E-state index in [0.717, 1.165) is 12.0 Å². The lowest BCUT2D eigenvalue weighted by atomic mass is 10.00. The predicted octanol–water partition coefficient (Wildman–Crippen LogP) is 1.71. The van der Waals surface area contributed by atoms with E-state index in [9.17, 15) is 9.59 Å². The molecular formula is C16H18N2O2. The highest BCUT2D eigenvalue weighted by atomic mass is 16.2. The van der Waals surface area contributed by atoms with Gasteiger partial charge in [-0.1, -0.05) is 37.3 Å². The minimum Gasteiger partial charge on any atom is -0.354 e. The number of benzene rings is 1. The Labute approximate surface area is 118 Å². The molecule has 2 rings (SSSR count). The van der Waals surface area contributed by atoms with E-state index < -0.39 is 11.8 Å². The minimum absolute atomic E-state index is 0.0977. The summed E-state index contributed by atoms with van der Waals surface area (Å²) in [5.41, 5.74) is 1.11. The molecule has 1 amide bonds. The number of carbonyl (C=O) groups is 2. The Hall–Kier alpha value is -2.15. The topological polar surface area (TPSA) is 70.0 Å². The highest BCUT2D eigenvalue weighted by molar-refractivity contribution is 6.05. The van der Waals surface area contributed by atoms with Gasteiger partial charge in [0.1, 0.15) is 0 Å². The number of carbonyl (C=O) groups excluding carboxylic acids is 2. The maximum Gasteiger partial charge on any atom is 0.245 e. The van der Waals surface area contributed by atoms with Crippen LogP contribution in [-0.2, 0) is 16.0 Å². The average molecular weight is 270 g/mol. The normalized spacial score (nSPS) is 21.6. The summed E-state index contributed by atoms with van der Waals surface area (Å²) < 4.78 is 0. The molecule has 0 unspecified atom stereocenters. The highest BCUT2D eigenvalue weighted by Gasteiger charge is 2.44. The summed E-state index contributed by atoms with van der Waals surface area (Å²) >= 11 is 0. The number of hydrogen-bond acceptors (Lipinski definition) is 3. The number of nitrogens with zero attached hydrogens (tertiary/aromatic N) is 1. The molecule has 1 aliphatic carbocycles. The summed E-state index contributed by atoms with van der Waals surface area (Å²) in [5.74, 6) is -1.62. The van der Waals surface area contributed by atoms with Crippen molar-refractivity contribution in [1.29, 1.82) is 5.26 Å². The molecule has 0 bridgehead atoms. The van der Waals surface area contributed by atoms with Crippen LogP contribution >= 0.6 is 0 Å². The number of nitrogens with one attached hydrogen (secondary N) is 1. The van der Waals surface area contributed by atoms with Crippen molar-refractivity contribution in [2.24, 2.45) is 17.8 Å². The van der Waals surface area contributed by atoms with Gasteiger partial charge < -0.3 is 5.32 Å². The molecule has 4 heteroatoms. The zero-order valence-electron chi connectivity index (χ0n) is 11.5. The minimum atomic E-state index is -1.15. The van der Waals surface area contributed by atoms with Gasteiger partial charge in [-0.05, 0) is 24.3 Å². The SMILES string of the molecule is C[C@@H]1C[C@@H]1C(=O)[C@@H](C#N)C(=O)NCCc1ccccc1. The van der Waals surface area contributed by atoms with E-state index >= 15 is 0 Å². The number of hydrogen-bond donors (Lipinski definition) is 1. The molecule has 1 aromatic carbocycles. The zero-order chi connectivity index (χ0) is 14.5. The summed E-state index contributed by atoms with van der Waals surface area (Å²) in [7, 11) is 0. The number of amides is 1. The van der Waals surface area contributed by atoms with E-state index in [2.05, 4.69) is 5.32 Å². The van der Waals surface area contributed by atoms with Crippen LogP contribution in [0.2, 0.25) is 0 Å². The van der Waals surface area contributed by atoms with E-state index in [1.54, 1.807) is 0 Å². The van der Waals surface area contributed by atoms with Crippen molar-refractivity contribution in [3.63, 3.8) is 0 Å². The molecule has 20 heavy (non-hydrogen) atoms. The molecule has 1 aromatic rings. The lowest BCUT2D eigenvalue weighted by Gasteiger charge is -2.09. The predicted molar refractivity (Wildman–Crippen MR) is 74.5 cm³/mol. The highest BCUT2D eigenvalue weighted by Crippen LogP contribution is 2.40. The van der Waals surface area contributed by atoms with Gasteiger partial charge in [-0.3, -0.25) is 9.59 Å². The van der Waals surface area contributed by atoms with Crippen molar-refractivity contribution >= 4 is 11.7 Å². The van der Waals surface area contributed by atoms with Gasteiger partial charge in [-0.15, -0.1) is 0 Å². The maximum absolute atomic E-state index is 11.9. The van der Waals surface area contributed by atoms with Gasteiger partial charge in [0.15, 0.2) is 11.7 Å². The fourth-order valence-electron chi connectivity index (χ4n) is 2.26. The first kappa shape index (κ1) is 14.3. The van der Waals surface area contributed by atoms with Crippen LogP contribution in [0.15, 0.2) is 30.3 Å². The van der Waals surface area contributed by atoms with Crippen molar-refractivity contribution in [2.45, 2.75) is 19.8 Å². The monoisotopic (exact) mass is 270 g/mol. The van der Waals surface area contributed by atoms with Crippen LogP contribution in [0.1, 0.15) is 18.9 Å². The van der Waals surface area contributed by atoms with E-state index in [0.29, 0.717) is 18.9 Å². The zero-order valence-corrected chi connectivity index (χ0v) is 11.5. The molecule has 104 valence electrons. The van der Waals surface area contributed by atoms with Crippen molar-refractivity contribution < 1.29 is 9.59 Å². The summed E-state index contributed by atoms with van der Waals surface area (Å²) in [6, 6.07) is 11.6. The first-order valence-corrected chi connectivity index (χ1v) is 6.88. The van der Waals surface area contributed by atoms with E-state index in [1.165, 1.54) is 0 Å². The Kier molecular flexibility index (Phi) is 4.52. The Morgan fingerprint density at radius 3 is 2.60 bits per heavy atom. The number of Topliss-reactive ketones (excluding diaryl/α,β-unsaturated/α-hetero) is 1. The average Bonchev–Trinajstić information content (AvgIpc) is 3.18. The van der Waals surface area contributed by atoms with Crippen LogP contribution in [0, 0.1) is 29.1 Å². The molecule has 4 nitrogen and oxygen atoms in total. The molecule has 0 aromatic heterocycles. The molecule has 0 heterocycles. The van der Waals surface area contributed by atoms with Crippen molar-refractivity contribution in [2.75, 3.05) is 6.54 Å². The van der Waals surface area contributed by atoms with Crippen LogP contribution in [0.3, 0.4) is 0 Å². The Bertz CT molecular complexity index is 533. The largest absolute Gasteiger partial charge is 0.354 e. The molecule has 3 atom stereocenters. The standard InChI is InChI=1S/C16H18N2O2/c1-11-9-13(11)15(19)14(10-17)16(20)18-8-7-12-5-3-2-4-6-12/h2-6,11,13-14H,7-9H2,1H3,(H,18,20)/t11-,13+,14-/m1/s1. The van der Waals surface area contributed by atoms with E-state index in [1.807, 2.05) is 43.3 Å². The van der Waals surface area contributed by atoms with Crippen molar-refractivity contribution in [3.05, 3.63) is 35.9 Å².